The standard InChI is InChI=1S/C22H22N2O6S/c1-24(2)21(25)20(16-8-4-3-5-9-16)30-22(26)17-10-6-12-19(14-17)31(27,28)23-15-18-11-7-13-29-18/h3-14,20,23H,15H2,1-2H3. The molecular weight excluding hydrogens is 420 g/mol. The highest BCUT2D eigenvalue weighted by Gasteiger charge is 2.27. The molecule has 0 aliphatic rings. The van der Waals surface area contributed by atoms with Gasteiger partial charge in [0, 0.05) is 19.7 Å². The lowest BCUT2D eigenvalue weighted by atomic mass is 10.1. The van der Waals surface area contributed by atoms with Crippen molar-refractivity contribution in [2.45, 2.75) is 17.5 Å². The smallest absolute Gasteiger partial charge is 0.339 e. The number of likely N-dealkylation sites (N-methyl/N-ethyl adjacent to an activating group) is 1. The summed E-state index contributed by atoms with van der Waals surface area (Å²) in [5, 5.41) is 0. The zero-order chi connectivity index (χ0) is 22.4. The number of rotatable bonds is 8. The van der Waals surface area contributed by atoms with Gasteiger partial charge in [0.2, 0.25) is 16.1 Å². The first-order valence-corrected chi connectivity index (χ1v) is 10.9. The van der Waals surface area contributed by atoms with Crippen molar-refractivity contribution >= 4 is 21.9 Å². The van der Waals surface area contributed by atoms with E-state index in [1.54, 1.807) is 56.6 Å². The molecule has 1 aromatic heterocycles. The molecule has 9 heteroatoms. The number of benzene rings is 2. The number of carbonyl (C=O) groups excluding carboxylic acids is 2. The molecule has 0 saturated heterocycles. The SMILES string of the molecule is CN(C)C(=O)C(OC(=O)c1cccc(S(=O)(=O)NCc2ccco2)c1)c1ccccc1. The van der Waals surface area contributed by atoms with Crippen LogP contribution >= 0.6 is 0 Å². The summed E-state index contributed by atoms with van der Waals surface area (Å²) >= 11 is 0. The van der Waals surface area contributed by atoms with Gasteiger partial charge in [0.25, 0.3) is 5.91 Å². The average molecular weight is 442 g/mol. The van der Waals surface area contributed by atoms with Gasteiger partial charge in [-0.25, -0.2) is 17.9 Å². The first-order valence-electron chi connectivity index (χ1n) is 9.37. The second-order valence-electron chi connectivity index (χ2n) is 6.86. The fourth-order valence-corrected chi connectivity index (χ4v) is 3.79. The minimum Gasteiger partial charge on any atom is -0.468 e. The quantitative estimate of drug-likeness (QED) is 0.538. The van der Waals surface area contributed by atoms with E-state index in [1.807, 2.05) is 0 Å². The molecule has 0 fully saturated rings. The summed E-state index contributed by atoms with van der Waals surface area (Å²) < 4.78 is 38.2. The van der Waals surface area contributed by atoms with Crippen LogP contribution in [0.4, 0.5) is 0 Å². The Kier molecular flexibility index (Phi) is 6.88. The molecule has 0 saturated carbocycles. The summed E-state index contributed by atoms with van der Waals surface area (Å²) in [4.78, 5) is 26.5. The predicted molar refractivity (Wildman–Crippen MR) is 112 cm³/mol. The van der Waals surface area contributed by atoms with Crippen molar-refractivity contribution < 1.29 is 27.2 Å². The maximum atomic E-state index is 12.8. The van der Waals surface area contributed by atoms with Crippen LogP contribution in [0.2, 0.25) is 0 Å². The van der Waals surface area contributed by atoms with Gasteiger partial charge in [-0.1, -0.05) is 36.4 Å². The largest absolute Gasteiger partial charge is 0.468 e. The first kappa shape index (κ1) is 22.3. The number of hydrogen-bond donors (Lipinski definition) is 1. The van der Waals surface area contributed by atoms with E-state index in [2.05, 4.69) is 4.72 Å². The number of hydrogen-bond acceptors (Lipinski definition) is 6. The highest BCUT2D eigenvalue weighted by molar-refractivity contribution is 7.89. The van der Waals surface area contributed by atoms with Crippen molar-refractivity contribution in [3.63, 3.8) is 0 Å². The van der Waals surface area contributed by atoms with Gasteiger partial charge >= 0.3 is 5.97 Å². The normalized spacial score (nSPS) is 12.2. The lowest BCUT2D eigenvalue weighted by molar-refractivity contribution is -0.138. The number of nitrogens with one attached hydrogen (secondary N) is 1. The van der Waals surface area contributed by atoms with Crippen LogP contribution < -0.4 is 4.72 Å². The van der Waals surface area contributed by atoms with Crippen LogP contribution in [0.1, 0.15) is 27.8 Å². The van der Waals surface area contributed by atoms with Crippen LogP contribution in [0.25, 0.3) is 0 Å². The number of sulfonamides is 1. The molecule has 0 aliphatic carbocycles. The van der Waals surface area contributed by atoms with Gasteiger partial charge in [0.05, 0.1) is 23.3 Å². The highest BCUT2D eigenvalue weighted by Crippen LogP contribution is 2.22. The number of nitrogens with zero attached hydrogens (tertiary/aromatic N) is 1. The van der Waals surface area contributed by atoms with Gasteiger partial charge in [-0.05, 0) is 30.3 Å². The average Bonchev–Trinajstić information content (AvgIpc) is 3.30. The van der Waals surface area contributed by atoms with E-state index in [0.717, 1.165) is 0 Å². The predicted octanol–water partition coefficient (Wildman–Crippen LogP) is 2.74. The maximum absolute atomic E-state index is 12.8. The Balaban J connectivity index is 1.80. The summed E-state index contributed by atoms with van der Waals surface area (Å²) in [6.45, 7) is -0.0303. The van der Waals surface area contributed by atoms with Gasteiger partial charge < -0.3 is 14.1 Å². The minimum atomic E-state index is -3.90. The van der Waals surface area contributed by atoms with Gasteiger partial charge in [0.1, 0.15) is 5.76 Å². The molecule has 1 heterocycles. The summed E-state index contributed by atoms with van der Waals surface area (Å²) in [7, 11) is -0.777. The second kappa shape index (κ2) is 9.59. The van der Waals surface area contributed by atoms with E-state index in [4.69, 9.17) is 9.15 Å². The lowest BCUT2D eigenvalue weighted by Gasteiger charge is -2.21. The zero-order valence-electron chi connectivity index (χ0n) is 17.0. The summed E-state index contributed by atoms with van der Waals surface area (Å²) in [6, 6.07) is 17.3. The van der Waals surface area contributed by atoms with E-state index in [9.17, 15) is 18.0 Å². The molecule has 1 amide bonds. The topological polar surface area (TPSA) is 106 Å². The van der Waals surface area contributed by atoms with Crippen LogP contribution in [0.5, 0.6) is 0 Å². The van der Waals surface area contributed by atoms with Crippen LogP contribution in [0.15, 0.2) is 82.3 Å². The molecule has 0 spiro atoms. The van der Waals surface area contributed by atoms with Crippen LogP contribution in [-0.2, 0) is 26.1 Å². The van der Waals surface area contributed by atoms with Crippen molar-refractivity contribution in [3.05, 3.63) is 89.9 Å². The Bertz CT molecular complexity index is 1140. The summed E-state index contributed by atoms with van der Waals surface area (Å²) in [5.74, 6) is -0.775. The fraction of sp³-hybridized carbons (Fsp3) is 0.182. The Morgan fingerprint density at radius 2 is 1.77 bits per heavy atom. The number of furan rings is 1. The van der Waals surface area contributed by atoms with Crippen molar-refractivity contribution in [2.75, 3.05) is 14.1 Å². The monoisotopic (exact) mass is 442 g/mol. The minimum absolute atomic E-state index is 0.00774. The molecule has 3 rings (SSSR count). The third-order valence-electron chi connectivity index (χ3n) is 4.39. The number of ether oxygens (including phenoxy) is 1. The number of amides is 1. The first-order chi connectivity index (χ1) is 14.8. The second-order valence-corrected chi connectivity index (χ2v) is 8.63. The molecule has 0 radical (unpaired) electrons. The molecule has 2 aromatic carbocycles. The molecule has 0 bridgehead atoms. The van der Waals surface area contributed by atoms with Crippen molar-refractivity contribution in [2.24, 2.45) is 0 Å². The van der Waals surface area contributed by atoms with Crippen molar-refractivity contribution in [1.29, 1.82) is 0 Å². The Hall–Kier alpha value is -3.43. The van der Waals surface area contributed by atoms with Crippen molar-refractivity contribution in [3.8, 4) is 0 Å². The Morgan fingerprint density at radius 1 is 1.03 bits per heavy atom. The van der Waals surface area contributed by atoms with Crippen LogP contribution in [0, 0.1) is 0 Å². The Labute approximate surface area is 180 Å². The zero-order valence-corrected chi connectivity index (χ0v) is 17.8. The van der Waals surface area contributed by atoms with E-state index in [-0.39, 0.29) is 17.0 Å². The van der Waals surface area contributed by atoms with E-state index < -0.39 is 28.0 Å². The van der Waals surface area contributed by atoms with Gasteiger partial charge in [-0.15, -0.1) is 0 Å². The number of carbonyl (C=O) groups is 2. The molecule has 0 aliphatic heterocycles. The maximum Gasteiger partial charge on any atom is 0.339 e. The summed E-state index contributed by atoms with van der Waals surface area (Å²) in [6.07, 6.45) is 0.291. The Morgan fingerprint density at radius 3 is 2.42 bits per heavy atom. The molecular formula is C22H22N2O6S. The van der Waals surface area contributed by atoms with E-state index in [1.165, 1.54) is 35.4 Å². The highest BCUT2D eigenvalue weighted by atomic mass is 32.2. The van der Waals surface area contributed by atoms with Gasteiger partial charge in [-0.3, -0.25) is 4.79 Å². The van der Waals surface area contributed by atoms with E-state index >= 15 is 0 Å². The molecule has 1 N–H and O–H groups in total. The van der Waals surface area contributed by atoms with Crippen LogP contribution in [0.3, 0.4) is 0 Å². The van der Waals surface area contributed by atoms with Gasteiger partial charge in [-0.2, -0.15) is 0 Å². The fourth-order valence-electron chi connectivity index (χ4n) is 2.75. The lowest BCUT2D eigenvalue weighted by Crippen LogP contribution is -2.31. The molecule has 8 nitrogen and oxygen atoms in total. The summed E-state index contributed by atoms with van der Waals surface area (Å²) in [5.41, 5.74) is 0.520. The molecule has 31 heavy (non-hydrogen) atoms. The van der Waals surface area contributed by atoms with Crippen LogP contribution in [-0.4, -0.2) is 39.3 Å². The van der Waals surface area contributed by atoms with Gasteiger partial charge in [0.15, 0.2) is 0 Å². The molecule has 1 unspecified atom stereocenters. The third kappa shape index (κ3) is 5.59. The molecule has 162 valence electrons. The number of esters is 1. The third-order valence-corrected chi connectivity index (χ3v) is 5.79. The van der Waals surface area contributed by atoms with E-state index in [0.29, 0.717) is 11.3 Å². The van der Waals surface area contributed by atoms with Crippen molar-refractivity contribution in [1.82, 2.24) is 9.62 Å². The molecule has 3 aromatic rings. The molecule has 1 atom stereocenters.